The number of carboxylic acids is 1. The number of carbonyl (C=O) groups excluding carboxylic acids is 1. The number of hydrogen-bond acceptors (Lipinski definition) is 4. The van der Waals surface area contributed by atoms with Crippen LogP contribution < -0.4 is 0 Å². The lowest BCUT2D eigenvalue weighted by atomic mass is 10.1. The lowest BCUT2D eigenvalue weighted by molar-refractivity contribution is 0.0697. The number of rotatable bonds is 6. The van der Waals surface area contributed by atoms with Crippen molar-refractivity contribution in [3.05, 3.63) is 35.4 Å². The number of hydrogen-bond donors (Lipinski definition) is 1. The first kappa shape index (κ1) is 16.7. The average Bonchev–Trinajstić information content (AvgIpc) is 2.89. The summed E-state index contributed by atoms with van der Waals surface area (Å²) < 4.78 is 5.07. The molecule has 0 aliphatic carbocycles. The molecule has 0 radical (unpaired) electrons. The Morgan fingerprint density at radius 3 is 2.67 bits per heavy atom. The summed E-state index contributed by atoms with van der Waals surface area (Å²) in [5.74, 6) is -0.907. The van der Waals surface area contributed by atoms with Gasteiger partial charge >= 0.3 is 12.0 Å². The standard InChI is InChI=1S/C17H23N3O4/c1-24-9-8-19-12-15-11-18(6-7-20(15)17(19)23)10-13-2-4-14(5-3-13)16(21)22/h2-5,15H,6-12H2,1H3,(H,21,22). The molecule has 3 rings (SSSR count). The monoisotopic (exact) mass is 333 g/mol. The zero-order valence-electron chi connectivity index (χ0n) is 13.9. The van der Waals surface area contributed by atoms with E-state index in [0.717, 1.165) is 38.3 Å². The predicted octanol–water partition coefficient (Wildman–Crippen LogP) is 0.953. The molecule has 2 amide bonds. The van der Waals surface area contributed by atoms with Crippen molar-refractivity contribution < 1.29 is 19.4 Å². The van der Waals surface area contributed by atoms with Crippen LogP contribution in [-0.4, -0.2) is 84.3 Å². The van der Waals surface area contributed by atoms with Crippen LogP contribution in [0.5, 0.6) is 0 Å². The summed E-state index contributed by atoms with van der Waals surface area (Å²) in [4.78, 5) is 29.4. The number of aromatic carboxylic acids is 1. The highest BCUT2D eigenvalue weighted by Gasteiger charge is 2.40. The van der Waals surface area contributed by atoms with Crippen molar-refractivity contribution in [3.63, 3.8) is 0 Å². The SMILES string of the molecule is COCCN1CC2CN(Cc3ccc(C(=O)O)cc3)CCN2C1=O. The van der Waals surface area contributed by atoms with Crippen molar-refractivity contribution in [1.29, 1.82) is 0 Å². The second-order valence-corrected chi connectivity index (χ2v) is 6.31. The summed E-state index contributed by atoms with van der Waals surface area (Å²) in [6.07, 6.45) is 0. The molecule has 2 aliphatic heterocycles. The number of amides is 2. The summed E-state index contributed by atoms with van der Waals surface area (Å²) >= 11 is 0. The summed E-state index contributed by atoms with van der Waals surface area (Å²) in [6, 6.07) is 7.34. The minimum atomic E-state index is -0.907. The van der Waals surface area contributed by atoms with Gasteiger partial charge in [0.1, 0.15) is 0 Å². The normalized spacial score (nSPS) is 21.2. The first-order valence-corrected chi connectivity index (χ1v) is 8.17. The van der Waals surface area contributed by atoms with Crippen LogP contribution in [0.2, 0.25) is 0 Å². The van der Waals surface area contributed by atoms with Crippen molar-refractivity contribution in [2.45, 2.75) is 12.6 Å². The summed E-state index contributed by atoms with van der Waals surface area (Å²) in [6.45, 7) is 5.13. The number of ether oxygens (including phenoxy) is 1. The predicted molar refractivity (Wildman–Crippen MR) is 88.0 cm³/mol. The minimum absolute atomic E-state index is 0.113. The fourth-order valence-corrected chi connectivity index (χ4v) is 3.38. The van der Waals surface area contributed by atoms with E-state index in [1.54, 1.807) is 19.2 Å². The number of urea groups is 1. The number of carbonyl (C=O) groups is 2. The van der Waals surface area contributed by atoms with Gasteiger partial charge in [-0.05, 0) is 17.7 Å². The number of nitrogens with zero attached hydrogens (tertiary/aromatic N) is 3. The molecule has 2 saturated heterocycles. The molecule has 7 nitrogen and oxygen atoms in total. The Kier molecular flexibility index (Phi) is 5.01. The van der Waals surface area contributed by atoms with Gasteiger partial charge in [0.2, 0.25) is 0 Å². The second-order valence-electron chi connectivity index (χ2n) is 6.31. The molecule has 1 aromatic carbocycles. The van der Waals surface area contributed by atoms with Gasteiger partial charge in [-0.15, -0.1) is 0 Å². The molecule has 2 fully saturated rings. The molecule has 1 N–H and O–H groups in total. The maximum Gasteiger partial charge on any atom is 0.335 e. The maximum atomic E-state index is 12.3. The van der Waals surface area contributed by atoms with E-state index in [-0.39, 0.29) is 12.1 Å². The maximum absolute atomic E-state index is 12.3. The van der Waals surface area contributed by atoms with Crippen LogP contribution in [0, 0.1) is 0 Å². The highest BCUT2D eigenvalue weighted by Crippen LogP contribution is 2.21. The minimum Gasteiger partial charge on any atom is -0.478 e. The highest BCUT2D eigenvalue weighted by atomic mass is 16.5. The molecular weight excluding hydrogens is 310 g/mol. The average molecular weight is 333 g/mol. The fraction of sp³-hybridized carbons (Fsp3) is 0.529. The molecule has 24 heavy (non-hydrogen) atoms. The van der Waals surface area contributed by atoms with E-state index in [0.29, 0.717) is 18.7 Å². The topological polar surface area (TPSA) is 73.3 Å². The van der Waals surface area contributed by atoms with Gasteiger partial charge < -0.3 is 19.6 Å². The summed E-state index contributed by atoms with van der Waals surface area (Å²) in [7, 11) is 1.64. The van der Waals surface area contributed by atoms with E-state index in [4.69, 9.17) is 9.84 Å². The summed E-state index contributed by atoms with van der Waals surface area (Å²) in [5, 5.41) is 8.95. The quantitative estimate of drug-likeness (QED) is 0.839. The molecule has 2 heterocycles. The third-order valence-electron chi connectivity index (χ3n) is 4.69. The number of benzene rings is 1. The molecule has 1 atom stereocenters. The van der Waals surface area contributed by atoms with Gasteiger partial charge in [-0.1, -0.05) is 12.1 Å². The Bertz CT molecular complexity index is 604. The fourth-order valence-electron chi connectivity index (χ4n) is 3.38. The van der Waals surface area contributed by atoms with Gasteiger partial charge in [0.25, 0.3) is 0 Å². The van der Waals surface area contributed by atoms with E-state index in [1.807, 2.05) is 21.9 Å². The van der Waals surface area contributed by atoms with Crippen molar-refractivity contribution in [1.82, 2.24) is 14.7 Å². The largest absolute Gasteiger partial charge is 0.478 e. The lowest BCUT2D eigenvalue weighted by Gasteiger charge is -2.36. The molecule has 0 bridgehead atoms. The Morgan fingerprint density at radius 1 is 1.25 bits per heavy atom. The van der Waals surface area contributed by atoms with E-state index in [2.05, 4.69) is 4.90 Å². The smallest absolute Gasteiger partial charge is 0.335 e. The van der Waals surface area contributed by atoms with E-state index < -0.39 is 5.97 Å². The van der Waals surface area contributed by atoms with Crippen molar-refractivity contribution >= 4 is 12.0 Å². The Balaban J connectivity index is 1.57. The van der Waals surface area contributed by atoms with Crippen LogP contribution >= 0.6 is 0 Å². The van der Waals surface area contributed by atoms with Gasteiger partial charge in [0.05, 0.1) is 18.2 Å². The van der Waals surface area contributed by atoms with Gasteiger partial charge in [-0.2, -0.15) is 0 Å². The third kappa shape index (κ3) is 3.52. The molecule has 0 saturated carbocycles. The second kappa shape index (κ2) is 7.19. The number of methoxy groups -OCH3 is 1. The number of fused-ring (bicyclic) bond motifs is 1. The van der Waals surface area contributed by atoms with Crippen LogP contribution in [-0.2, 0) is 11.3 Å². The van der Waals surface area contributed by atoms with Gasteiger partial charge in [0, 0.05) is 46.4 Å². The molecule has 130 valence electrons. The molecule has 1 aromatic rings. The first-order chi connectivity index (χ1) is 11.6. The van der Waals surface area contributed by atoms with Crippen LogP contribution in [0.3, 0.4) is 0 Å². The molecule has 7 heteroatoms. The Hall–Kier alpha value is -2.12. The van der Waals surface area contributed by atoms with Crippen molar-refractivity contribution in [2.24, 2.45) is 0 Å². The number of carboxylic acid groups (broad SMARTS) is 1. The third-order valence-corrected chi connectivity index (χ3v) is 4.69. The molecule has 0 spiro atoms. The van der Waals surface area contributed by atoms with Crippen LogP contribution in [0.15, 0.2) is 24.3 Å². The Morgan fingerprint density at radius 2 is 2.00 bits per heavy atom. The molecule has 2 aliphatic rings. The molecular formula is C17H23N3O4. The zero-order valence-corrected chi connectivity index (χ0v) is 13.9. The summed E-state index contributed by atoms with van der Waals surface area (Å²) in [5.41, 5.74) is 1.40. The van der Waals surface area contributed by atoms with Crippen LogP contribution in [0.4, 0.5) is 4.79 Å². The lowest BCUT2D eigenvalue weighted by Crippen LogP contribution is -2.51. The van der Waals surface area contributed by atoms with E-state index in [1.165, 1.54) is 0 Å². The Labute approximate surface area is 141 Å². The van der Waals surface area contributed by atoms with Crippen LogP contribution in [0.1, 0.15) is 15.9 Å². The number of piperazine rings is 1. The van der Waals surface area contributed by atoms with Crippen LogP contribution in [0.25, 0.3) is 0 Å². The van der Waals surface area contributed by atoms with E-state index >= 15 is 0 Å². The molecule has 0 aromatic heterocycles. The highest BCUT2D eigenvalue weighted by molar-refractivity contribution is 5.87. The van der Waals surface area contributed by atoms with Crippen molar-refractivity contribution in [3.8, 4) is 0 Å². The van der Waals surface area contributed by atoms with Crippen molar-refractivity contribution in [2.75, 3.05) is 46.4 Å². The van der Waals surface area contributed by atoms with E-state index in [9.17, 15) is 9.59 Å². The van der Waals surface area contributed by atoms with Gasteiger partial charge in [-0.25, -0.2) is 9.59 Å². The zero-order chi connectivity index (χ0) is 17.1. The molecule has 1 unspecified atom stereocenters. The van der Waals surface area contributed by atoms with Gasteiger partial charge in [0.15, 0.2) is 0 Å². The first-order valence-electron chi connectivity index (χ1n) is 8.17. The van der Waals surface area contributed by atoms with Gasteiger partial charge in [-0.3, -0.25) is 4.90 Å².